The van der Waals surface area contributed by atoms with Crippen LogP contribution < -0.4 is 16.4 Å². The topological polar surface area (TPSA) is 97.4 Å². The van der Waals surface area contributed by atoms with Crippen molar-refractivity contribution in [3.05, 3.63) is 46.0 Å². The van der Waals surface area contributed by atoms with Crippen LogP contribution in [0.15, 0.2) is 34.1 Å². The van der Waals surface area contributed by atoms with Gasteiger partial charge >= 0.3 is 6.03 Å². The summed E-state index contributed by atoms with van der Waals surface area (Å²) in [5.41, 5.74) is 5.18. The standard InChI is InChI=1S/C15H19N3O3S/c1-9-5-6-12(21-9)10(2)17-14(19)8-11(18-15(16)20)13-4-3-7-22-13/h3-7,10-11H,8H2,1-2H3,(H,17,19)(H3,16,18,20). The van der Waals surface area contributed by atoms with Crippen LogP contribution in [0.1, 0.15) is 41.8 Å². The number of carbonyl (C=O) groups is 2. The molecular weight excluding hydrogens is 302 g/mol. The molecule has 0 aliphatic rings. The Kier molecular flexibility index (Phi) is 5.21. The minimum Gasteiger partial charge on any atom is -0.464 e. The van der Waals surface area contributed by atoms with Crippen molar-refractivity contribution in [1.82, 2.24) is 10.6 Å². The Morgan fingerprint density at radius 1 is 1.32 bits per heavy atom. The first-order chi connectivity index (χ1) is 10.5. The summed E-state index contributed by atoms with van der Waals surface area (Å²) in [6.07, 6.45) is 0.119. The molecule has 2 heterocycles. The van der Waals surface area contributed by atoms with Crippen molar-refractivity contribution in [1.29, 1.82) is 0 Å². The predicted molar refractivity (Wildman–Crippen MR) is 84.4 cm³/mol. The number of hydrogen-bond donors (Lipinski definition) is 3. The minimum atomic E-state index is -0.652. The number of thiophene rings is 1. The Morgan fingerprint density at radius 2 is 2.09 bits per heavy atom. The highest BCUT2D eigenvalue weighted by Gasteiger charge is 2.20. The fraction of sp³-hybridized carbons (Fsp3) is 0.333. The second-order valence-corrected chi connectivity index (χ2v) is 6.00. The van der Waals surface area contributed by atoms with Gasteiger partial charge < -0.3 is 20.8 Å². The van der Waals surface area contributed by atoms with Crippen molar-refractivity contribution >= 4 is 23.3 Å². The van der Waals surface area contributed by atoms with Crippen LogP contribution in [0.25, 0.3) is 0 Å². The summed E-state index contributed by atoms with van der Waals surface area (Å²) in [6, 6.07) is 6.09. The average molecular weight is 321 g/mol. The SMILES string of the molecule is Cc1ccc(C(C)NC(=O)CC(NC(N)=O)c2cccs2)o1. The van der Waals surface area contributed by atoms with Crippen LogP contribution in [-0.4, -0.2) is 11.9 Å². The summed E-state index contributed by atoms with van der Waals surface area (Å²) in [5, 5.41) is 7.34. The van der Waals surface area contributed by atoms with E-state index in [1.54, 1.807) is 0 Å². The monoisotopic (exact) mass is 321 g/mol. The Labute approximate surface area is 132 Å². The first-order valence-corrected chi connectivity index (χ1v) is 7.78. The molecule has 7 heteroatoms. The van der Waals surface area contributed by atoms with E-state index in [-0.39, 0.29) is 18.4 Å². The zero-order valence-electron chi connectivity index (χ0n) is 12.5. The van der Waals surface area contributed by atoms with Gasteiger partial charge in [-0.1, -0.05) is 6.07 Å². The molecule has 0 spiro atoms. The Morgan fingerprint density at radius 3 is 2.64 bits per heavy atom. The van der Waals surface area contributed by atoms with E-state index in [1.807, 2.05) is 43.5 Å². The Bertz CT molecular complexity index is 636. The van der Waals surface area contributed by atoms with Gasteiger partial charge in [0.1, 0.15) is 11.5 Å². The molecule has 6 nitrogen and oxygen atoms in total. The lowest BCUT2D eigenvalue weighted by atomic mass is 10.1. The molecule has 2 aromatic rings. The molecule has 0 fully saturated rings. The van der Waals surface area contributed by atoms with Crippen molar-refractivity contribution in [2.24, 2.45) is 5.73 Å². The second kappa shape index (κ2) is 7.13. The molecule has 0 radical (unpaired) electrons. The molecule has 2 atom stereocenters. The largest absolute Gasteiger partial charge is 0.464 e. The molecule has 3 amide bonds. The number of nitrogens with one attached hydrogen (secondary N) is 2. The zero-order valence-corrected chi connectivity index (χ0v) is 13.3. The zero-order chi connectivity index (χ0) is 16.1. The minimum absolute atomic E-state index is 0.119. The van der Waals surface area contributed by atoms with Crippen LogP contribution in [0, 0.1) is 6.92 Å². The van der Waals surface area contributed by atoms with E-state index in [0.717, 1.165) is 10.6 Å². The number of furan rings is 1. The van der Waals surface area contributed by atoms with E-state index in [1.165, 1.54) is 11.3 Å². The molecule has 2 rings (SSSR count). The fourth-order valence-electron chi connectivity index (χ4n) is 2.13. The van der Waals surface area contributed by atoms with Gasteiger partial charge in [0.2, 0.25) is 5.91 Å². The summed E-state index contributed by atoms with van der Waals surface area (Å²) in [4.78, 5) is 24.2. The number of hydrogen-bond acceptors (Lipinski definition) is 4. The van der Waals surface area contributed by atoms with Crippen molar-refractivity contribution < 1.29 is 14.0 Å². The highest BCUT2D eigenvalue weighted by atomic mass is 32.1. The third-order valence-corrected chi connectivity index (χ3v) is 4.14. The van der Waals surface area contributed by atoms with Gasteiger partial charge in [0.05, 0.1) is 18.5 Å². The lowest BCUT2D eigenvalue weighted by Crippen LogP contribution is -2.36. The van der Waals surface area contributed by atoms with E-state index in [0.29, 0.717) is 5.76 Å². The maximum Gasteiger partial charge on any atom is 0.312 e. The summed E-state index contributed by atoms with van der Waals surface area (Å²) in [6.45, 7) is 3.69. The highest BCUT2D eigenvalue weighted by molar-refractivity contribution is 7.10. The maximum atomic E-state index is 12.2. The molecular formula is C15H19N3O3S. The molecule has 2 unspecified atom stereocenters. The van der Waals surface area contributed by atoms with Gasteiger partial charge in [0, 0.05) is 4.88 Å². The van der Waals surface area contributed by atoms with Crippen LogP contribution in [0.2, 0.25) is 0 Å². The van der Waals surface area contributed by atoms with E-state index in [4.69, 9.17) is 10.2 Å². The molecule has 0 aliphatic carbocycles. The first-order valence-electron chi connectivity index (χ1n) is 6.90. The van der Waals surface area contributed by atoms with Crippen molar-refractivity contribution in [2.75, 3.05) is 0 Å². The molecule has 2 aromatic heterocycles. The summed E-state index contributed by atoms with van der Waals surface area (Å²) < 4.78 is 5.49. The normalized spacial score (nSPS) is 13.4. The van der Waals surface area contributed by atoms with Crippen molar-refractivity contribution in [2.45, 2.75) is 32.4 Å². The number of primary amides is 1. The third kappa shape index (κ3) is 4.36. The van der Waals surface area contributed by atoms with Gasteiger partial charge in [0.15, 0.2) is 0 Å². The van der Waals surface area contributed by atoms with Gasteiger partial charge in [-0.05, 0) is 37.4 Å². The van der Waals surface area contributed by atoms with Crippen molar-refractivity contribution in [3.8, 4) is 0 Å². The number of nitrogens with two attached hydrogens (primary N) is 1. The number of aryl methyl sites for hydroxylation is 1. The predicted octanol–water partition coefficient (Wildman–Crippen LogP) is 2.63. The van der Waals surface area contributed by atoms with E-state index in [2.05, 4.69) is 10.6 Å². The number of urea groups is 1. The molecule has 4 N–H and O–H groups in total. The first kappa shape index (κ1) is 16.1. The van der Waals surface area contributed by atoms with Gasteiger partial charge in [-0.3, -0.25) is 4.79 Å². The third-order valence-electron chi connectivity index (χ3n) is 3.16. The molecule has 22 heavy (non-hydrogen) atoms. The Balaban J connectivity index is 1.97. The summed E-state index contributed by atoms with van der Waals surface area (Å²) in [7, 11) is 0. The maximum absolute atomic E-state index is 12.2. The van der Waals surface area contributed by atoms with Crippen molar-refractivity contribution in [3.63, 3.8) is 0 Å². The fourth-order valence-corrected chi connectivity index (χ4v) is 2.91. The van der Waals surface area contributed by atoms with Crippen LogP contribution in [0.3, 0.4) is 0 Å². The van der Waals surface area contributed by atoms with Crippen LogP contribution in [0.4, 0.5) is 4.79 Å². The quantitative estimate of drug-likeness (QED) is 0.763. The lowest BCUT2D eigenvalue weighted by Gasteiger charge is -2.17. The smallest absolute Gasteiger partial charge is 0.312 e. The highest BCUT2D eigenvalue weighted by Crippen LogP contribution is 2.23. The van der Waals surface area contributed by atoms with Gasteiger partial charge in [-0.25, -0.2) is 4.79 Å². The van der Waals surface area contributed by atoms with Gasteiger partial charge in [-0.2, -0.15) is 0 Å². The van der Waals surface area contributed by atoms with Crippen LogP contribution in [-0.2, 0) is 4.79 Å². The molecule has 0 aromatic carbocycles. The molecule has 0 aliphatic heterocycles. The lowest BCUT2D eigenvalue weighted by molar-refractivity contribution is -0.122. The van der Waals surface area contributed by atoms with Gasteiger partial charge in [-0.15, -0.1) is 11.3 Å². The molecule has 118 valence electrons. The summed E-state index contributed by atoms with van der Waals surface area (Å²) >= 11 is 1.46. The number of rotatable bonds is 6. The van der Waals surface area contributed by atoms with Crippen LogP contribution in [0.5, 0.6) is 0 Å². The van der Waals surface area contributed by atoms with E-state index in [9.17, 15) is 9.59 Å². The summed E-state index contributed by atoms with van der Waals surface area (Å²) in [5.74, 6) is 1.30. The van der Waals surface area contributed by atoms with Crippen LogP contribution >= 0.6 is 11.3 Å². The molecule has 0 saturated heterocycles. The molecule has 0 saturated carbocycles. The van der Waals surface area contributed by atoms with E-state index >= 15 is 0 Å². The Hall–Kier alpha value is -2.28. The average Bonchev–Trinajstić information content (AvgIpc) is 3.08. The van der Waals surface area contributed by atoms with E-state index < -0.39 is 12.1 Å². The van der Waals surface area contributed by atoms with Gasteiger partial charge in [0.25, 0.3) is 0 Å². The second-order valence-electron chi connectivity index (χ2n) is 5.02. The molecule has 0 bridgehead atoms. The number of amides is 3. The number of carbonyl (C=O) groups excluding carboxylic acids is 2.